The molecule has 8 heteroatoms. The van der Waals surface area contributed by atoms with Gasteiger partial charge in [0.15, 0.2) is 11.6 Å². The van der Waals surface area contributed by atoms with Crippen LogP contribution in [0.1, 0.15) is 18.1 Å². The smallest absolute Gasteiger partial charge is 0.314 e. The fraction of sp³-hybridized carbons (Fsp3) is 0.350. The number of carbonyl (C=O) groups excluding carboxylic acids is 1. The molecule has 3 N–H and O–H groups in total. The second kappa shape index (κ2) is 8.97. The summed E-state index contributed by atoms with van der Waals surface area (Å²) >= 11 is 0. The molecule has 2 aromatic rings. The molecule has 3 rings (SSSR count). The molecule has 1 aliphatic heterocycles. The highest BCUT2D eigenvalue weighted by Gasteiger charge is 2.24. The fourth-order valence-corrected chi connectivity index (χ4v) is 3.21. The summed E-state index contributed by atoms with van der Waals surface area (Å²) < 4.78 is 39.3. The van der Waals surface area contributed by atoms with Crippen molar-refractivity contribution in [2.75, 3.05) is 31.1 Å². The summed E-state index contributed by atoms with van der Waals surface area (Å²) in [5.74, 6) is -1.96. The van der Waals surface area contributed by atoms with E-state index in [1.54, 1.807) is 0 Å². The van der Waals surface area contributed by atoms with E-state index in [4.69, 9.17) is 0 Å². The number of aliphatic hydroxyl groups is 1. The Morgan fingerprint density at radius 1 is 1.11 bits per heavy atom. The van der Waals surface area contributed by atoms with E-state index in [1.807, 2.05) is 4.90 Å². The third kappa shape index (κ3) is 5.16. The number of benzene rings is 2. The van der Waals surface area contributed by atoms with Crippen LogP contribution in [0.5, 0.6) is 0 Å². The first-order chi connectivity index (χ1) is 13.4. The number of carbonyl (C=O) groups is 1. The largest absolute Gasteiger partial charge is 0.387 e. The highest BCUT2D eigenvalue weighted by Crippen LogP contribution is 2.25. The van der Waals surface area contributed by atoms with Crippen molar-refractivity contribution >= 4 is 11.7 Å². The number of hydrogen-bond donors (Lipinski definition) is 3. The number of hydrogen-bond acceptors (Lipinski definition) is 3. The maximum absolute atomic E-state index is 13.4. The molecule has 28 heavy (non-hydrogen) atoms. The van der Waals surface area contributed by atoms with Crippen LogP contribution < -0.4 is 15.5 Å². The van der Waals surface area contributed by atoms with Crippen LogP contribution in [-0.2, 0) is 0 Å². The van der Waals surface area contributed by atoms with Crippen LogP contribution in [0.4, 0.5) is 23.7 Å². The van der Waals surface area contributed by atoms with Gasteiger partial charge in [0.2, 0.25) is 0 Å². The highest BCUT2D eigenvalue weighted by molar-refractivity contribution is 5.73. The lowest BCUT2D eigenvalue weighted by Gasteiger charge is -2.19. The number of rotatable bonds is 6. The van der Waals surface area contributed by atoms with Crippen LogP contribution >= 0.6 is 0 Å². The van der Waals surface area contributed by atoms with Gasteiger partial charge in [-0.05, 0) is 42.2 Å². The van der Waals surface area contributed by atoms with Crippen molar-refractivity contribution in [2.24, 2.45) is 5.92 Å². The van der Waals surface area contributed by atoms with Gasteiger partial charge in [-0.2, -0.15) is 0 Å². The number of urea groups is 1. The van der Waals surface area contributed by atoms with Gasteiger partial charge in [0.1, 0.15) is 5.82 Å². The van der Waals surface area contributed by atoms with Crippen LogP contribution in [0, 0.1) is 23.4 Å². The summed E-state index contributed by atoms with van der Waals surface area (Å²) in [4.78, 5) is 13.9. The van der Waals surface area contributed by atoms with Crippen LogP contribution in [0.15, 0.2) is 42.5 Å². The lowest BCUT2D eigenvalue weighted by Crippen LogP contribution is -2.40. The molecule has 1 heterocycles. The minimum absolute atomic E-state index is 0.00309. The summed E-state index contributed by atoms with van der Waals surface area (Å²) in [5.41, 5.74) is 1.13. The van der Waals surface area contributed by atoms with Gasteiger partial charge >= 0.3 is 6.03 Å². The van der Waals surface area contributed by atoms with Gasteiger partial charge < -0.3 is 20.6 Å². The molecule has 0 saturated carbocycles. The normalized spacial score (nSPS) is 17.4. The van der Waals surface area contributed by atoms with E-state index in [0.717, 1.165) is 12.5 Å². The Morgan fingerprint density at radius 3 is 2.57 bits per heavy atom. The van der Waals surface area contributed by atoms with E-state index >= 15 is 0 Å². The predicted octanol–water partition coefficient (Wildman–Crippen LogP) is 2.96. The summed E-state index contributed by atoms with van der Waals surface area (Å²) in [7, 11) is 0. The zero-order valence-electron chi connectivity index (χ0n) is 15.2. The van der Waals surface area contributed by atoms with Gasteiger partial charge in [-0.25, -0.2) is 18.0 Å². The van der Waals surface area contributed by atoms with Gasteiger partial charge in [-0.15, -0.1) is 0 Å². The lowest BCUT2D eigenvalue weighted by molar-refractivity contribution is 0.173. The maximum Gasteiger partial charge on any atom is 0.314 e. The summed E-state index contributed by atoms with van der Waals surface area (Å²) in [6, 6.07) is 8.83. The molecule has 1 fully saturated rings. The second-order valence-corrected chi connectivity index (χ2v) is 6.86. The van der Waals surface area contributed by atoms with E-state index in [0.29, 0.717) is 30.9 Å². The fourth-order valence-electron chi connectivity index (χ4n) is 3.21. The molecular weight excluding hydrogens is 371 g/mol. The van der Waals surface area contributed by atoms with Crippen LogP contribution in [0.25, 0.3) is 0 Å². The lowest BCUT2D eigenvalue weighted by atomic mass is 10.1. The molecule has 0 radical (unpaired) electrons. The molecule has 1 saturated heterocycles. The van der Waals surface area contributed by atoms with Crippen molar-refractivity contribution < 1.29 is 23.1 Å². The monoisotopic (exact) mass is 393 g/mol. The van der Waals surface area contributed by atoms with Crippen LogP contribution in [0.2, 0.25) is 0 Å². The minimum Gasteiger partial charge on any atom is -0.387 e. The minimum atomic E-state index is -0.929. The first-order valence-electron chi connectivity index (χ1n) is 9.07. The Hall–Kier alpha value is -2.74. The number of aliphatic hydroxyl groups excluding tert-OH is 1. The SMILES string of the molecule is O=C(NCC1CCN(c2ccc(F)c(F)c2)C1)NCC(O)c1ccc(F)cc1. The van der Waals surface area contributed by atoms with Gasteiger partial charge in [0.25, 0.3) is 0 Å². The zero-order chi connectivity index (χ0) is 20.1. The van der Waals surface area contributed by atoms with Crippen molar-refractivity contribution in [2.45, 2.75) is 12.5 Å². The Bertz CT molecular complexity index is 817. The average molecular weight is 393 g/mol. The summed E-state index contributed by atoms with van der Waals surface area (Å²) in [5, 5.41) is 15.3. The first-order valence-corrected chi connectivity index (χ1v) is 9.07. The number of halogens is 3. The summed E-state index contributed by atoms with van der Waals surface area (Å²) in [6.07, 6.45) is -0.112. The molecule has 2 amide bonds. The van der Waals surface area contributed by atoms with E-state index < -0.39 is 29.6 Å². The third-order valence-corrected chi connectivity index (χ3v) is 4.82. The van der Waals surface area contributed by atoms with Crippen LogP contribution in [-0.4, -0.2) is 37.3 Å². The van der Waals surface area contributed by atoms with Gasteiger partial charge in [0.05, 0.1) is 6.10 Å². The molecule has 150 valence electrons. The van der Waals surface area contributed by atoms with Gasteiger partial charge in [0, 0.05) is 37.9 Å². The predicted molar refractivity (Wildman–Crippen MR) is 99.4 cm³/mol. The number of anilines is 1. The van der Waals surface area contributed by atoms with Crippen LogP contribution in [0.3, 0.4) is 0 Å². The molecule has 0 bridgehead atoms. The number of nitrogens with zero attached hydrogens (tertiary/aromatic N) is 1. The van der Waals surface area contributed by atoms with Crippen molar-refractivity contribution in [3.8, 4) is 0 Å². The van der Waals surface area contributed by atoms with Gasteiger partial charge in [-0.1, -0.05) is 12.1 Å². The zero-order valence-corrected chi connectivity index (χ0v) is 15.2. The van der Waals surface area contributed by atoms with Crippen molar-refractivity contribution in [3.63, 3.8) is 0 Å². The number of nitrogens with one attached hydrogen (secondary N) is 2. The average Bonchev–Trinajstić information content (AvgIpc) is 3.16. The molecule has 5 nitrogen and oxygen atoms in total. The Labute approximate surface area is 161 Å². The Kier molecular flexibility index (Phi) is 6.41. The molecule has 1 aliphatic rings. The maximum atomic E-state index is 13.4. The van der Waals surface area contributed by atoms with Crippen molar-refractivity contribution in [1.29, 1.82) is 0 Å². The molecule has 2 unspecified atom stereocenters. The first kappa shape index (κ1) is 20.0. The van der Waals surface area contributed by atoms with E-state index in [-0.39, 0.29) is 12.5 Å². The molecule has 0 aromatic heterocycles. The molecule has 2 aromatic carbocycles. The quantitative estimate of drug-likeness (QED) is 0.707. The highest BCUT2D eigenvalue weighted by atomic mass is 19.2. The molecule has 0 aliphatic carbocycles. The topological polar surface area (TPSA) is 64.6 Å². The third-order valence-electron chi connectivity index (χ3n) is 4.82. The van der Waals surface area contributed by atoms with E-state index in [1.165, 1.54) is 36.4 Å². The number of amides is 2. The molecule has 2 atom stereocenters. The van der Waals surface area contributed by atoms with Crippen molar-refractivity contribution in [1.82, 2.24) is 10.6 Å². The summed E-state index contributed by atoms with van der Waals surface area (Å²) in [6.45, 7) is 1.76. The Morgan fingerprint density at radius 2 is 1.86 bits per heavy atom. The second-order valence-electron chi connectivity index (χ2n) is 6.86. The van der Waals surface area contributed by atoms with Crippen molar-refractivity contribution in [3.05, 3.63) is 65.5 Å². The molecule has 0 spiro atoms. The van der Waals surface area contributed by atoms with E-state index in [9.17, 15) is 23.1 Å². The standard InChI is InChI=1S/C20H22F3N3O2/c21-15-3-1-14(2-4-15)19(27)11-25-20(28)24-10-13-7-8-26(12-13)16-5-6-17(22)18(23)9-16/h1-6,9,13,19,27H,7-8,10-12H2,(H2,24,25,28). The van der Waals surface area contributed by atoms with Gasteiger partial charge in [-0.3, -0.25) is 0 Å². The van der Waals surface area contributed by atoms with E-state index in [2.05, 4.69) is 10.6 Å². The Balaban J connectivity index is 1.40. The molecular formula is C20H22F3N3O2.